The second kappa shape index (κ2) is 13.2. The molecule has 2 fully saturated rings. The van der Waals surface area contributed by atoms with Crippen molar-refractivity contribution in [2.24, 2.45) is 0 Å². The Hall–Kier alpha value is -3.95. The van der Waals surface area contributed by atoms with E-state index >= 15 is 0 Å². The van der Waals surface area contributed by atoms with Crippen LogP contribution in [-0.2, 0) is 14.3 Å². The zero-order chi connectivity index (χ0) is 27.8. The molecule has 2 saturated heterocycles. The summed E-state index contributed by atoms with van der Waals surface area (Å²) in [6.07, 6.45) is 2.23. The Morgan fingerprint density at radius 1 is 0.897 bits per heavy atom. The molecule has 2 aliphatic rings. The molecule has 0 spiro atoms. The van der Waals surface area contributed by atoms with E-state index < -0.39 is 11.9 Å². The van der Waals surface area contributed by atoms with E-state index in [0.29, 0.717) is 0 Å². The van der Waals surface area contributed by atoms with Gasteiger partial charge in [0.05, 0.1) is 18.9 Å². The summed E-state index contributed by atoms with van der Waals surface area (Å²) in [7, 11) is 0. The van der Waals surface area contributed by atoms with Gasteiger partial charge in [0.1, 0.15) is 5.82 Å². The van der Waals surface area contributed by atoms with Crippen molar-refractivity contribution < 1.29 is 24.5 Å². The number of nitrogens with zero attached hydrogens (tertiary/aromatic N) is 4. The van der Waals surface area contributed by atoms with E-state index in [4.69, 9.17) is 29.5 Å². The SMILES string of the molecule is CCN1CCN(c2nc(/C=C(\C)c3cccc(N4CCOCC4)c3)cc3ccccc23)CC1.O=C(O)C(=O)O. The molecule has 39 heavy (non-hydrogen) atoms. The van der Waals surface area contributed by atoms with E-state index in [0.717, 1.165) is 70.5 Å². The smallest absolute Gasteiger partial charge is 0.414 e. The van der Waals surface area contributed by atoms with Gasteiger partial charge >= 0.3 is 11.9 Å². The Morgan fingerprint density at radius 2 is 1.59 bits per heavy atom. The molecule has 0 unspecified atom stereocenters. The molecule has 9 nitrogen and oxygen atoms in total. The van der Waals surface area contributed by atoms with Crippen LogP contribution in [0.5, 0.6) is 0 Å². The van der Waals surface area contributed by atoms with Crippen LogP contribution in [0.25, 0.3) is 22.4 Å². The summed E-state index contributed by atoms with van der Waals surface area (Å²) in [6, 6.07) is 19.7. The maximum Gasteiger partial charge on any atom is 0.414 e. The highest BCUT2D eigenvalue weighted by molar-refractivity contribution is 6.27. The number of benzene rings is 2. The highest BCUT2D eigenvalue weighted by atomic mass is 16.5. The van der Waals surface area contributed by atoms with Crippen molar-refractivity contribution in [3.63, 3.8) is 0 Å². The maximum atomic E-state index is 9.10. The summed E-state index contributed by atoms with van der Waals surface area (Å²) < 4.78 is 5.52. The molecule has 0 aliphatic carbocycles. The molecule has 0 saturated carbocycles. The van der Waals surface area contributed by atoms with Crippen LogP contribution in [0.4, 0.5) is 11.5 Å². The van der Waals surface area contributed by atoms with Crippen LogP contribution in [0, 0.1) is 0 Å². The predicted molar refractivity (Wildman–Crippen MR) is 154 cm³/mol. The van der Waals surface area contributed by atoms with Crippen molar-refractivity contribution in [1.82, 2.24) is 9.88 Å². The molecule has 2 N–H and O–H groups in total. The number of fused-ring (bicyclic) bond motifs is 1. The number of morpholine rings is 1. The number of carboxylic acid groups (broad SMARTS) is 2. The third-order valence-corrected chi connectivity index (χ3v) is 7.08. The van der Waals surface area contributed by atoms with Crippen LogP contribution in [0.2, 0.25) is 0 Å². The Kier molecular flexibility index (Phi) is 9.51. The Balaban J connectivity index is 0.000000531. The molecular weight excluding hydrogens is 496 g/mol. The fourth-order valence-corrected chi connectivity index (χ4v) is 4.87. The lowest BCUT2D eigenvalue weighted by Gasteiger charge is -2.35. The van der Waals surface area contributed by atoms with E-state index in [9.17, 15) is 0 Å². The number of piperazine rings is 1. The quantitative estimate of drug-likeness (QED) is 0.473. The number of carboxylic acids is 2. The number of rotatable bonds is 5. The van der Waals surface area contributed by atoms with E-state index in [1.807, 2.05) is 0 Å². The van der Waals surface area contributed by atoms with Crippen LogP contribution < -0.4 is 9.80 Å². The predicted octanol–water partition coefficient (Wildman–Crippen LogP) is 3.93. The zero-order valence-electron chi connectivity index (χ0n) is 22.5. The van der Waals surface area contributed by atoms with Gasteiger partial charge < -0.3 is 29.6 Å². The first-order valence-electron chi connectivity index (χ1n) is 13.3. The number of anilines is 2. The van der Waals surface area contributed by atoms with Crippen LogP contribution in [0.15, 0.2) is 54.6 Å². The number of aliphatic carboxylic acids is 2. The minimum atomic E-state index is -1.82. The third kappa shape index (κ3) is 7.34. The van der Waals surface area contributed by atoms with Gasteiger partial charge in [0.25, 0.3) is 0 Å². The van der Waals surface area contributed by atoms with Crippen molar-refractivity contribution >= 4 is 45.9 Å². The number of carbonyl (C=O) groups is 2. The number of likely N-dealkylation sites (N-methyl/N-ethyl adjacent to an activating group) is 1. The molecule has 206 valence electrons. The molecule has 2 aliphatic heterocycles. The van der Waals surface area contributed by atoms with Gasteiger partial charge in [-0.3, -0.25) is 0 Å². The van der Waals surface area contributed by atoms with Crippen molar-refractivity contribution in [3.8, 4) is 0 Å². The highest BCUT2D eigenvalue weighted by Gasteiger charge is 2.19. The summed E-state index contributed by atoms with van der Waals surface area (Å²) in [5.41, 5.74) is 4.77. The first-order valence-corrected chi connectivity index (χ1v) is 13.3. The number of hydrogen-bond acceptors (Lipinski definition) is 7. The van der Waals surface area contributed by atoms with E-state index in [1.54, 1.807) is 0 Å². The number of aromatic nitrogens is 1. The van der Waals surface area contributed by atoms with E-state index in [-0.39, 0.29) is 0 Å². The lowest BCUT2D eigenvalue weighted by Crippen LogP contribution is -2.46. The number of allylic oxidation sites excluding steroid dienone is 1. The minimum Gasteiger partial charge on any atom is -0.473 e. The molecule has 0 amide bonds. The summed E-state index contributed by atoms with van der Waals surface area (Å²) >= 11 is 0. The molecule has 0 atom stereocenters. The largest absolute Gasteiger partial charge is 0.473 e. The van der Waals surface area contributed by atoms with Crippen LogP contribution in [0.1, 0.15) is 25.1 Å². The average molecular weight is 533 g/mol. The van der Waals surface area contributed by atoms with Crippen LogP contribution in [0.3, 0.4) is 0 Å². The van der Waals surface area contributed by atoms with Crippen LogP contribution in [-0.4, -0.2) is 91.1 Å². The fourth-order valence-electron chi connectivity index (χ4n) is 4.87. The minimum absolute atomic E-state index is 0.801. The summed E-state index contributed by atoms with van der Waals surface area (Å²) in [5.74, 6) is -2.53. The van der Waals surface area contributed by atoms with Gasteiger partial charge in [-0.1, -0.05) is 43.3 Å². The summed E-state index contributed by atoms with van der Waals surface area (Å²) in [5, 5.41) is 17.3. The number of pyridine rings is 1. The zero-order valence-corrected chi connectivity index (χ0v) is 22.5. The lowest BCUT2D eigenvalue weighted by molar-refractivity contribution is -0.159. The van der Waals surface area contributed by atoms with Gasteiger partial charge in [0.15, 0.2) is 0 Å². The van der Waals surface area contributed by atoms with Crippen molar-refractivity contribution in [2.75, 3.05) is 68.8 Å². The lowest BCUT2D eigenvalue weighted by atomic mass is 10.0. The third-order valence-electron chi connectivity index (χ3n) is 7.08. The van der Waals surface area contributed by atoms with E-state index in [1.165, 1.54) is 27.6 Å². The topological polar surface area (TPSA) is 106 Å². The van der Waals surface area contributed by atoms with Crippen molar-refractivity contribution in [2.45, 2.75) is 13.8 Å². The second-order valence-electron chi connectivity index (χ2n) is 9.60. The number of hydrogen-bond donors (Lipinski definition) is 2. The van der Waals surface area contributed by atoms with Gasteiger partial charge in [-0.15, -0.1) is 0 Å². The van der Waals surface area contributed by atoms with Gasteiger partial charge in [0.2, 0.25) is 0 Å². The van der Waals surface area contributed by atoms with Gasteiger partial charge in [0, 0.05) is 50.3 Å². The fraction of sp³-hybridized carbons (Fsp3) is 0.367. The Labute approximate surface area is 228 Å². The molecule has 5 rings (SSSR count). The second-order valence-corrected chi connectivity index (χ2v) is 9.60. The van der Waals surface area contributed by atoms with Gasteiger partial charge in [-0.2, -0.15) is 0 Å². The average Bonchev–Trinajstić information content (AvgIpc) is 2.97. The Bertz CT molecular complexity index is 1320. The summed E-state index contributed by atoms with van der Waals surface area (Å²) in [4.78, 5) is 30.7. The Morgan fingerprint density at radius 3 is 2.26 bits per heavy atom. The molecule has 0 bridgehead atoms. The van der Waals surface area contributed by atoms with Crippen molar-refractivity contribution in [3.05, 3.63) is 65.9 Å². The van der Waals surface area contributed by atoms with Gasteiger partial charge in [-0.05, 0) is 54.3 Å². The van der Waals surface area contributed by atoms with Gasteiger partial charge in [-0.25, -0.2) is 14.6 Å². The van der Waals surface area contributed by atoms with Crippen molar-refractivity contribution in [1.29, 1.82) is 0 Å². The molecule has 2 aromatic carbocycles. The first kappa shape index (κ1) is 28.1. The molecular formula is C30H36N4O5. The standard InChI is InChI=1S/C28H34N4O.C2H2O4/c1-3-30-11-13-32(14-12-30)28-27-10-5-4-7-24(27)20-25(29-28)19-22(2)23-8-6-9-26(21-23)31-15-17-33-18-16-31;3-1(4)2(5)6/h4-10,19-21H,3,11-18H2,1-2H3;(H,3,4)(H,5,6)/b22-19+;. The van der Waals surface area contributed by atoms with Crippen LogP contribution >= 0.6 is 0 Å². The maximum absolute atomic E-state index is 9.10. The molecule has 3 heterocycles. The number of ether oxygens (including phenoxy) is 1. The molecule has 0 radical (unpaired) electrons. The summed E-state index contributed by atoms with van der Waals surface area (Å²) in [6.45, 7) is 13.3. The van der Waals surface area contributed by atoms with E-state index in [2.05, 4.69) is 89.2 Å². The molecule has 3 aromatic rings. The molecule has 1 aromatic heterocycles. The highest BCUT2D eigenvalue weighted by Crippen LogP contribution is 2.29. The monoisotopic (exact) mass is 532 g/mol. The first-order chi connectivity index (χ1) is 18.9. The normalized spacial score (nSPS) is 16.5. The molecule has 9 heteroatoms.